The minimum Gasteiger partial charge on any atom is -0.492 e. The van der Waals surface area contributed by atoms with E-state index in [4.69, 9.17) is 27.8 Å². The Balaban J connectivity index is 2.38. The predicted octanol–water partition coefficient (Wildman–Crippen LogP) is 0.922. The molecule has 5 heteroatoms. The fourth-order valence-electron chi connectivity index (χ4n) is 1.000. The highest BCUT2D eigenvalue weighted by atomic mass is 35.5. The minimum absolute atomic E-state index is 0.313. The summed E-state index contributed by atoms with van der Waals surface area (Å²) in [6.07, 6.45) is 0.376. The van der Waals surface area contributed by atoms with Crippen molar-refractivity contribution in [3.63, 3.8) is 0 Å². The van der Waals surface area contributed by atoms with Crippen molar-refractivity contribution in [3.05, 3.63) is 29.3 Å². The van der Waals surface area contributed by atoms with E-state index in [1.807, 2.05) is 12.1 Å². The minimum atomic E-state index is -0.674. The van der Waals surface area contributed by atoms with Crippen molar-refractivity contribution >= 4 is 17.5 Å². The molecule has 4 N–H and O–H groups in total. The Bertz CT molecular complexity index is 344. The standard InChI is InChI=1S/C10H13ClN2O2/c11-7-3-1-2-4-9(7)15-6-5-8(12)10(13)14/h1-4,8H,5-6,12H2,(H2,13,14)/t8-/m1/s1. The molecule has 0 aliphatic rings. The van der Waals surface area contributed by atoms with E-state index in [-0.39, 0.29) is 0 Å². The number of nitrogens with two attached hydrogens (primary N) is 2. The fraction of sp³-hybridized carbons (Fsp3) is 0.300. The van der Waals surface area contributed by atoms with Crippen LogP contribution in [0.4, 0.5) is 0 Å². The summed E-state index contributed by atoms with van der Waals surface area (Å²) in [4.78, 5) is 10.6. The molecule has 1 rings (SSSR count). The number of benzene rings is 1. The monoisotopic (exact) mass is 228 g/mol. The molecule has 0 saturated carbocycles. The molecule has 0 heterocycles. The summed E-state index contributed by atoms with van der Waals surface area (Å²) >= 11 is 5.85. The van der Waals surface area contributed by atoms with Crippen molar-refractivity contribution in [1.82, 2.24) is 0 Å². The molecule has 0 saturated heterocycles. The van der Waals surface area contributed by atoms with Crippen molar-refractivity contribution in [2.75, 3.05) is 6.61 Å². The average molecular weight is 229 g/mol. The van der Waals surface area contributed by atoms with Crippen LogP contribution >= 0.6 is 11.6 Å². The van der Waals surface area contributed by atoms with E-state index in [0.717, 1.165) is 0 Å². The van der Waals surface area contributed by atoms with Gasteiger partial charge in [-0.2, -0.15) is 0 Å². The zero-order chi connectivity index (χ0) is 11.3. The zero-order valence-electron chi connectivity index (χ0n) is 8.15. The van der Waals surface area contributed by atoms with E-state index in [9.17, 15) is 4.79 Å². The Morgan fingerprint density at radius 2 is 2.13 bits per heavy atom. The lowest BCUT2D eigenvalue weighted by atomic mass is 10.2. The van der Waals surface area contributed by atoms with Gasteiger partial charge in [-0.3, -0.25) is 4.79 Å². The van der Waals surface area contributed by atoms with E-state index in [0.29, 0.717) is 23.8 Å². The highest BCUT2D eigenvalue weighted by Crippen LogP contribution is 2.23. The summed E-state index contributed by atoms with van der Waals surface area (Å²) in [5.41, 5.74) is 10.4. The number of primary amides is 1. The number of ether oxygens (including phenoxy) is 1. The fourth-order valence-corrected chi connectivity index (χ4v) is 1.19. The molecule has 82 valence electrons. The van der Waals surface area contributed by atoms with Crippen LogP contribution in [0.1, 0.15) is 6.42 Å². The first-order valence-electron chi connectivity index (χ1n) is 4.53. The van der Waals surface area contributed by atoms with E-state index >= 15 is 0 Å². The smallest absolute Gasteiger partial charge is 0.234 e. The van der Waals surface area contributed by atoms with E-state index in [2.05, 4.69) is 0 Å². The second kappa shape index (κ2) is 5.58. The highest BCUT2D eigenvalue weighted by molar-refractivity contribution is 6.32. The quantitative estimate of drug-likeness (QED) is 0.787. The molecule has 0 aromatic heterocycles. The number of rotatable bonds is 5. The lowest BCUT2D eigenvalue weighted by Crippen LogP contribution is -2.37. The first kappa shape index (κ1) is 11.8. The molecule has 0 fully saturated rings. The molecule has 0 aliphatic carbocycles. The van der Waals surface area contributed by atoms with Crippen LogP contribution in [-0.4, -0.2) is 18.6 Å². The normalized spacial score (nSPS) is 12.1. The van der Waals surface area contributed by atoms with Gasteiger partial charge < -0.3 is 16.2 Å². The second-order valence-electron chi connectivity index (χ2n) is 3.08. The third-order valence-corrected chi connectivity index (χ3v) is 2.20. The number of amides is 1. The van der Waals surface area contributed by atoms with Crippen LogP contribution in [0.5, 0.6) is 5.75 Å². The molecule has 15 heavy (non-hydrogen) atoms. The lowest BCUT2D eigenvalue weighted by molar-refractivity contribution is -0.119. The van der Waals surface area contributed by atoms with Crippen LogP contribution in [0.2, 0.25) is 5.02 Å². The molecule has 4 nitrogen and oxygen atoms in total. The van der Waals surface area contributed by atoms with E-state index in [1.54, 1.807) is 12.1 Å². The van der Waals surface area contributed by atoms with Gasteiger partial charge in [0.15, 0.2) is 0 Å². The van der Waals surface area contributed by atoms with Crippen molar-refractivity contribution < 1.29 is 9.53 Å². The molecular weight excluding hydrogens is 216 g/mol. The second-order valence-corrected chi connectivity index (χ2v) is 3.48. The number of halogens is 1. The molecule has 1 amide bonds. The Hall–Kier alpha value is -1.26. The molecule has 1 aromatic carbocycles. The zero-order valence-corrected chi connectivity index (χ0v) is 8.91. The van der Waals surface area contributed by atoms with Gasteiger partial charge >= 0.3 is 0 Å². The summed E-state index contributed by atoms with van der Waals surface area (Å²) in [7, 11) is 0. The van der Waals surface area contributed by atoms with Gasteiger partial charge in [0.05, 0.1) is 17.7 Å². The van der Waals surface area contributed by atoms with Gasteiger partial charge in [0.2, 0.25) is 5.91 Å². The van der Waals surface area contributed by atoms with E-state index in [1.165, 1.54) is 0 Å². The molecule has 0 aliphatic heterocycles. The molecular formula is C10H13ClN2O2. The number of carbonyl (C=O) groups excluding carboxylic acids is 1. The maximum atomic E-state index is 10.6. The van der Waals surface area contributed by atoms with Gasteiger partial charge in [-0.15, -0.1) is 0 Å². The highest BCUT2D eigenvalue weighted by Gasteiger charge is 2.09. The Labute approximate surface area is 93.1 Å². The maximum absolute atomic E-state index is 10.6. The van der Waals surface area contributed by atoms with E-state index < -0.39 is 11.9 Å². The van der Waals surface area contributed by atoms with Gasteiger partial charge in [0, 0.05) is 6.42 Å². The molecule has 0 unspecified atom stereocenters. The van der Waals surface area contributed by atoms with Crippen LogP contribution in [0, 0.1) is 0 Å². The Morgan fingerprint density at radius 3 is 2.73 bits per heavy atom. The van der Waals surface area contributed by atoms with Gasteiger partial charge in [-0.05, 0) is 12.1 Å². The first-order valence-corrected chi connectivity index (χ1v) is 4.91. The summed E-state index contributed by atoms with van der Waals surface area (Å²) in [6.45, 7) is 0.313. The number of carbonyl (C=O) groups is 1. The number of para-hydroxylation sites is 1. The van der Waals surface area contributed by atoms with Crippen LogP contribution < -0.4 is 16.2 Å². The molecule has 0 bridgehead atoms. The molecule has 1 aromatic rings. The van der Waals surface area contributed by atoms with Crippen molar-refractivity contribution in [3.8, 4) is 5.75 Å². The number of hydrogen-bond donors (Lipinski definition) is 2. The van der Waals surface area contributed by atoms with Crippen molar-refractivity contribution in [2.45, 2.75) is 12.5 Å². The summed E-state index contributed by atoms with van der Waals surface area (Å²) in [5.74, 6) is 0.0496. The van der Waals surface area contributed by atoms with Crippen LogP contribution in [0.25, 0.3) is 0 Å². The maximum Gasteiger partial charge on any atom is 0.234 e. The SMILES string of the molecule is NC(=O)[C@H](N)CCOc1ccccc1Cl. The first-order chi connectivity index (χ1) is 7.11. The predicted molar refractivity (Wildman–Crippen MR) is 58.7 cm³/mol. The van der Waals surface area contributed by atoms with Crippen molar-refractivity contribution in [2.24, 2.45) is 11.5 Å². The molecule has 0 radical (unpaired) electrons. The van der Waals surface area contributed by atoms with Crippen LogP contribution in [-0.2, 0) is 4.79 Å². The number of hydrogen-bond acceptors (Lipinski definition) is 3. The Kier molecular flexibility index (Phi) is 4.39. The third-order valence-electron chi connectivity index (χ3n) is 1.89. The largest absolute Gasteiger partial charge is 0.492 e. The summed E-state index contributed by atoms with van der Waals surface area (Å²) in [6, 6.07) is 6.43. The van der Waals surface area contributed by atoms with Crippen LogP contribution in [0.15, 0.2) is 24.3 Å². The average Bonchev–Trinajstić information content (AvgIpc) is 2.20. The Morgan fingerprint density at radius 1 is 1.47 bits per heavy atom. The molecule has 0 spiro atoms. The summed E-state index contributed by atoms with van der Waals surface area (Å²) in [5, 5.41) is 0.533. The van der Waals surface area contributed by atoms with Gasteiger partial charge in [0.25, 0.3) is 0 Å². The van der Waals surface area contributed by atoms with Gasteiger partial charge in [-0.25, -0.2) is 0 Å². The lowest BCUT2D eigenvalue weighted by Gasteiger charge is -2.10. The molecule has 1 atom stereocenters. The summed E-state index contributed by atoms with van der Waals surface area (Å²) < 4.78 is 5.34. The van der Waals surface area contributed by atoms with Gasteiger partial charge in [0.1, 0.15) is 5.75 Å². The van der Waals surface area contributed by atoms with Crippen molar-refractivity contribution in [1.29, 1.82) is 0 Å². The third kappa shape index (κ3) is 3.77. The topological polar surface area (TPSA) is 78.3 Å². The van der Waals surface area contributed by atoms with Gasteiger partial charge in [-0.1, -0.05) is 23.7 Å². The van der Waals surface area contributed by atoms with Crippen LogP contribution in [0.3, 0.4) is 0 Å².